The number of esters is 1. The summed E-state index contributed by atoms with van der Waals surface area (Å²) >= 11 is 0. The van der Waals surface area contributed by atoms with Crippen LogP contribution in [0.5, 0.6) is 5.75 Å². The number of hydrogen-bond donors (Lipinski definition) is 2. The van der Waals surface area contributed by atoms with Crippen molar-refractivity contribution in [2.45, 2.75) is 19.4 Å². The molecule has 23 heavy (non-hydrogen) atoms. The third-order valence-corrected chi connectivity index (χ3v) is 3.39. The summed E-state index contributed by atoms with van der Waals surface area (Å²) in [6.07, 6.45) is 3.58. The summed E-state index contributed by atoms with van der Waals surface area (Å²) in [7, 11) is 0. The van der Waals surface area contributed by atoms with E-state index in [1.54, 1.807) is 19.2 Å². The number of ether oxygens (including phenoxy) is 2. The summed E-state index contributed by atoms with van der Waals surface area (Å²) in [5, 5.41) is 2.87. The fourth-order valence-electron chi connectivity index (χ4n) is 2.33. The number of nitrogens with one attached hydrogen (secondary N) is 2. The van der Waals surface area contributed by atoms with Gasteiger partial charge in [-0.05, 0) is 19.1 Å². The van der Waals surface area contributed by atoms with E-state index < -0.39 is 5.97 Å². The highest BCUT2D eigenvalue weighted by molar-refractivity contribution is 5.94. The van der Waals surface area contributed by atoms with Gasteiger partial charge in [-0.3, -0.25) is 9.78 Å². The molecule has 0 fully saturated rings. The maximum Gasteiger partial charge on any atom is 0.374 e. The van der Waals surface area contributed by atoms with Crippen molar-refractivity contribution in [2.75, 3.05) is 13.2 Å². The van der Waals surface area contributed by atoms with Gasteiger partial charge in [-0.15, -0.1) is 0 Å². The molecule has 3 rings (SSSR count). The third-order valence-electron chi connectivity index (χ3n) is 3.39. The molecule has 0 radical (unpaired) electrons. The van der Waals surface area contributed by atoms with Crippen LogP contribution in [0.1, 0.15) is 46.2 Å². The SMILES string of the molecule is CCOC(=O)c1ncc(C(=O)NC2CCOc3cccnc32)[nH]1. The minimum Gasteiger partial charge on any atom is -0.491 e. The number of carbonyl (C=O) groups excluding carboxylic acids is 2. The number of H-pyrrole nitrogens is 1. The minimum atomic E-state index is -0.593. The molecule has 8 heteroatoms. The highest BCUT2D eigenvalue weighted by Gasteiger charge is 2.25. The first kappa shape index (κ1) is 15.0. The monoisotopic (exact) mass is 316 g/mol. The summed E-state index contributed by atoms with van der Waals surface area (Å²) in [6.45, 7) is 2.44. The van der Waals surface area contributed by atoms with Gasteiger partial charge in [0.1, 0.15) is 17.1 Å². The lowest BCUT2D eigenvalue weighted by molar-refractivity contribution is 0.0513. The second-order valence-electron chi connectivity index (χ2n) is 4.92. The minimum absolute atomic E-state index is 0.00232. The van der Waals surface area contributed by atoms with Gasteiger partial charge >= 0.3 is 5.97 Å². The van der Waals surface area contributed by atoms with Crippen molar-refractivity contribution in [3.8, 4) is 5.75 Å². The quantitative estimate of drug-likeness (QED) is 0.822. The van der Waals surface area contributed by atoms with Crippen molar-refractivity contribution in [3.05, 3.63) is 41.7 Å². The van der Waals surface area contributed by atoms with E-state index in [9.17, 15) is 9.59 Å². The van der Waals surface area contributed by atoms with Crippen LogP contribution < -0.4 is 10.1 Å². The fraction of sp³-hybridized carbons (Fsp3) is 0.333. The zero-order valence-electron chi connectivity index (χ0n) is 12.5. The standard InChI is InChI=1S/C15H16N4O4/c1-2-22-15(21)13-17-8-10(18-13)14(20)19-9-5-7-23-11-4-3-6-16-12(9)11/h3-4,6,8-9H,2,5,7H2,1H3,(H,17,18)(H,19,20). The van der Waals surface area contributed by atoms with Gasteiger partial charge in [0, 0.05) is 12.6 Å². The molecule has 2 aromatic heterocycles. The van der Waals surface area contributed by atoms with Crippen LogP contribution >= 0.6 is 0 Å². The normalized spacial score (nSPS) is 16.1. The summed E-state index contributed by atoms with van der Waals surface area (Å²) in [5.41, 5.74) is 0.884. The Morgan fingerprint density at radius 3 is 3.17 bits per heavy atom. The van der Waals surface area contributed by atoms with E-state index in [2.05, 4.69) is 20.3 Å². The van der Waals surface area contributed by atoms with Crippen molar-refractivity contribution in [1.29, 1.82) is 0 Å². The molecule has 0 aromatic carbocycles. The fourth-order valence-corrected chi connectivity index (χ4v) is 2.33. The summed E-state index contributed by atoms with van der Waals surface area (Å²) in [6, 6.07) is 3.35. The molecule has 2 N–H and O–H groups in total. The van der Waals surface area contributed by atoms with E-state index in [-0.39, 0.29) is 30.1 Å². The molecule has 1 aliphatic rings. The second kappa shape index (κ2) is 6.47. The summed E-state index contributed by atoms with van der Waals surface area (Å²) < 4.78 is 10.3. The Bertz CT molecular complexity index is 728. The van der Waals surface area contributed by atoms with Crippen LogP contribution in [0.25, 0.3) is 0 Å². The van der Waals surface area contributed by atoms with Crippen LogP contribution in [0.4, 0.5) is 0 Å². The number of nitrogens with zero attached hydrogens (tertiary/aromatic N) is 2. The van der Waals surface area contributed by atoms with E-state index >= 15 is 0 Å². The maximum absolute atomic E-state index is 12.3. The van der Waals surface area contributed by atoms with E-state index in [4.69, 9.17) is 9.47 Å². The molecule has 0 aliphatic carbocycles. The van der Waals surface area contributed by atoms with Crippen molar-refractivity contribution < 1.29 is 19.1 Å². The molecule has 3 heterocycles. The Morgan fingerprint density at radius 2 is 2.35 bits per heavy atom. The number of rotatable bonds is 4. The Morgan fingerprint density at radius 1 is 1.48 bits per heavy atom. The number of fused-ring (bicyclic) bond motifs is 1. The van der Waals surface area contributed by atoms with E-state index in [0.717, 1.165) is 0 Å². The highest BCUT2D eigenvalue weighted by Crippen LogP contribution is 2.29. The molecule has 1 aliphatic heterocycles. The predicted octanol–water partition coefficient (Wildman–Crippen LogP) is 1.24. The lowest BCUT2D eigenvalue weighted by Crippen LogP contribution is -2.33. The predicted molar refractivity (Wildman–Crippen MR) is 79.1 cm³/mol. The van der Waals surface area contributed by atoms with Crippen LogP contribution in [0.3, 0.4) is 0 Å². The van der Waals surface area contributed by atoms with Gasteiger partial charge in [0.25, 0.3) is 5.91 Å². The number of aromatic nitrogens is 3. The highest BCUT2D eigenvalue weighted by atomic mass is 16.5. The van der Waals surface area contributed by atoms with Crippen LogP contribution in [0.15, 0.2) is 24.5 Å². The molecule has 1 amide bonds. The average Bonchev–Trinajstić information content (AvgIpc) is 3.06. The van der Waals surface area contributed by atoms with Crippen LogP contribution in [0.2, 0.25) is 0 Å². The first-order chi connectivity index (χ1) is 11.2. The van der Waals surface area contributed by atoms with Crippen LogP contribution in [-0.4, -0.2) is 40.0 Å². The zero-order valence-corrected chi connectivity index (χ0v) is 12.5. The molecule has 2 aromatic rings. The number of amides is 1. The molecule has 0 saturated heterocycles. The Kier molecular flexibility index (Phi) is 4.22. The number of hydrogen-bond acceptors (Lipinski definition) is 6. The van der Waals surface area contributed by atoms with Crippen LogP contribution in [0, 0.1) is 0 Å². The van der Waals surface area contributed by atoms with Crippen molar-refractivity contribution >= 4 is 11.9 Å². The number of pyridine rings is 1. The smallest absolute Gasteiger partial charge is 0.374 e. The first-order valence-corrected chi connectivity index (χ1v) is 7.29. The lowest BCUT2D eigenvalue weighted by atomic mass is 10.1. The maximum atomic E-state index is 12.3. The molecule has 120 valence electrons. The third kappa shape index (κ3) is 3.15. The molecule has 0 bridgehead atoms. The summed E-state index contributed by atoms with van der Waals surface area (Å²) in [5.74, 6) is -0.287. The van der Waals surface area contributed by atoms with Gasteiger partial charge < -0.3 is 19.8 Å². The van der Waals surface area contributed by atoms with E-state index in [1.807, 2.05) is 6.07 Å². The van der Waals surface area contributed by atoms with Crippen molar-refractivity contribution in [3.63, 3.8) is 0 Å². The number of imidazole rings is 1. The molecular formula is C15H16N4O4. The zero-order chi connectivity index (χ0) is 16.2. The van der Waals surface area contributed by atoms with Gasteiger partial charge in [-0.1, -0.05) is 0 Å². The van der Waals surface area contributed by atoms with E-state index in [0.29, 0.717) is 24.5 Å². The summed E-state index contributed by atoms with van der Waals surface area (Å²) in [4.78, 5) is 34.7. The lowest BCUT2D eigenvalue weighted by Gasteiger charge is -2.25. The number of carbonyl (C=O) groups is 2. The van der Waals surface area contributed by atoms with Crippen LogP contribution in [-0.2, 0) is 4.74 Å². The van der Waals surface area contributed by atoms with Gasteiger partial charge in [-0.25, -0.2) is 9.78 Å². The largest absolute Gasteiger partial charge is 0.491 e. The first-order valence-electron chi connectivity index (χ1n) is 7.29. The van der Waals surface area contributed by atoms with Gasteiger partial charge in [0.05, 0.1) is 25.5 Å². The Labute approximate surface area is 132 Å². The molecular weight excluding hydrogens is 300 g/mol. The van der Waals surface area contributed by atoms with Crippen molar-refractivity contribution in [2.24, 2.45) is 0 Å². The van der Waals surface area contributed by atoms with Crippen molar-refractivity contribution in [1.82, 2.24) is 20.3 Å². The molecule has 0 saturated carbocycles. The van der Waals surface area contributed by atoms with E-state index in [1.165, 1.54) is 6.20 Å². The van der Waals surface area contributed by atoms with Gasteiger partial charge in [0.15, 0.2) is 0 Å². The topological polar surface area (TPSA) is 106 Å². The van der Waals surface area contributed by atoms with Gasteiger partial charge in [-0.2, -0.15) is 0 Å². The average molecular weight is 316 g/mol. The molecule has 1 atom stereocenters. The molecule has 0 spiro atoms. The Hall–Kier alpha value is -2.90. The number of aromatic amines is 1. The van der Waals surface area contributed by atoms with Gasteiger partial charge in [0.2, 0.25) is 5.82 Å². The Balaban J connectivity index is 1.72. The molecule has 1 unspecified atom stereocenters. The second-order valence-corrected chi connectivity index (χ2v) is 4.92. The molecule has 8 nitrogen and oxygen atoms in total.